The zero-order valence-corrected chi connectivity index (χ0v) is 13.8. The number of nitrogens with one attached hydrogen (secondary N) is 1. The lowest BCUT2D eigenvalue weighted by Gasteiger charge is -2.18. The maximum absolute atomic E-state index is 12.9. The van der Waals surface area contributed by atoms with Crippen LogP contribution in [-0.2, 0) is 9.59 Å². The summed E-state index contributed by atoms with van der Waals surface area (Å²) in [4.78, 5) is 34.3. The van der Waals surface area contributed by atoms with E-state index in [2.05, 4.69) is 5.32 Å². The SMILES string of the molecule is O=C(CN1C[C@@H](C(F)(F)F)[C@H](C(=O)O)C1)Nc1ccc(Cl)cc1[N+](=O)[O-]. The fourth-order valence-corrected chi connectivity index (χ4v) is 2.92. The summed E-state index contributed by atoms with van der Waals surface area (Å²) in [5.41, 5.74) is -0.630. The smallest absolute Gasteiger partial charge is 0.393 e. The van der Waals surface area contributed by atoms with E-state index < -0.39 is 60.1 Å². The van der Waals surface area contributed by atoms with Gasteiger partial charge in [0.15, 0.2) is 0 Å². The Morgan fingerprint density at radius 1 is 1.38 bits per heavy atom. The van der Waals surface area contributed by atoms with E-state index in [-0.39, 0.29) is 10.7 Å². The van der Waals surface area contributed by atoms with Crippen molar-refractivity contribution >= 4 is 34.9 Å². The third-order valence-electron chi connectivity index (χ3n) is 3.93. The summed E-state index contributed by atoms with van der Waals surface area (Å²) in [7, 11) is 0. The molecule has 0 saturated carbocycles. The number of benzene rings is 1. The molecule has 12 heteroatoms. The van der Waals surface area contributed by atoms with E-state index in [4.69, 9.17) is 16.7 Å². The first-order valence-electron chi connectivity index (χ1n) is 7.24. The lowest BCUT2D eigenvalue weighted by atomic mass is 9.96. The monoisotopic (exact) mass is 395 g/mol. The predicted octanol–water partition coefficient (Wildman–Crippen LogP) is 2.38. The van der Waals surface area contributed by atoms with Crippen LogP contribution in [0.1, 0.15) is 0 Å². The molecule has 2 atom stereocenters. The van der Waals surface area contributed by atoms with E-state index in [1.54, 1.807) is 0 Å². The van der Waals surface area contributed by atoms with Gasteiger partial charge in [0, 0.05) is 24.2 Å². The second-order valence-electron chi connectivity index (χ2n) is 5.75. The molecule has 1 saturated heterocycles. The minimum atomic E-state index is -4.71. The molecule has 2 rings (SSSR count). The number of anilines is 1. The standard InChI is InChI=1S/C14H13ClF3N3O5/c15-7-1-2-10(11(3-7)21(25)26)19-12(22)6-20-4-8(13(23)24)9(5-20)14(16,17)18/h1-3,8-9H,4-6H2,(H,19,22)(H,23,24)/t8-,9-/m1/s1. The number of nitro benzene ring substituents is 1. The molecule has 1 amide bonds. The third kappa shape index (κ3) is 4.61. The van der Waals surface area contributed by atoms with Crippen molar-refractivity contribution in [3.8, 4) is 0 Å². The highest BCUT2D eigenvalue weighted by atomic mass is 35.5. The molecule has 2 N–H and O–H groups in total. The number of carbonyl (C=O) groups is 2. The molecular formula is C14H13ClF3N3O5. The lowest BCUT2D eigenvalue weighted by Crippen LogP contribution is -2.34. The predicted molar refractivity (Wildman–Crippen MR) is 83.8 cm³/mol. The van der Waals surface area contributed by atoms with E-state index in [1.807, 2.05) is 0 Å². The van der Waals surface area contributed by atoms with Gasteiger partial charge in [0.05, 0.1) is 23.3 Å². The number of aliphatic carboxylic acids is 1. The highest BCUT2D eigenvalue weighted by Gasteiger charge is 2.52. The van der Waals surface area contributed by atoms with Crippen LogP contribution in [0.4, 0.5) is 24.5 Å². The van der Waals surface area contributed by atoms with Gasteiger partial charge in [-0.3, -0.25) is 24.6 Å². The molecule has 0 bridgehead atoms. The van der Waals surface area contributed by atoms with Crippen molar-refractivity contribution in [3.63, 3.8) is 0 Å². The molecule has 1 aromatic rings. The van der Waals surface area contributed by atoms with Crippen LogP contribution in [0.15, 0.2) is 18.2 Å². The fourth-order valence-electron chi connectivity index (χ4n) is 2.75. The number of nitrogens with zero attached hydrogens (tertiary/aromatic N) is 2. The summed E-state index contributed by atoms with van der Waals surface area (Å²) < 4.78 is 38.8. The van der Waals surface area contributed by atoms with Gasteiger partial charge >= 0.3 is 12.1 Å². The van der Waals surface area contributed by atoms with E-state index in [0.29, 0.717) is 0 Å². The minimum Gasteiger partial charge on any atom is -0.481 e. The molecule has 26 heavy (non-hydrogen) atoms. The number of hydrogen-bond donors (Lipinski definition) is 2. The van der Waals surface area contributed by atoms with Crippen LogP contribution < -0.4 is 5.32 Å². The quantitative estimate of drug-likeness (QED) is 0.584. The number of rotatable bonds is 5. The largest absolute Gasteiger partial charge is 0.481 e. The molecule has 1 aliphatic rings. The second kappa shape index (κ2) is 7.46. The first-order chi connectivity index (χ1) is 12.0. The van der Waals surface area contributed by atoms with Crippen LogP contribution in [0.5, 0.6) is 0 Å². The third-order valence-corrected chi connectivity index (χ3v) is 4.17. The number of halogens is 4. The molecule has 0 unspecified atom stereocenters. The van der Waals surface area contributed by atoms with E-state index in [9.17, 15) is 32.9 Å². The molecular weight excluding hydrogens is 383 g/mol. The van der Waals surface area contributed by atoms with Crippen LogP contribution in [0.2, 0.25) is 5.02 Å². The summed E-state index contributed by atoms with van der Waals surface area (Å²) in [5.74, 6) is -6.16. The van der Waals surface area contributed by atoms with Crippen LogP contribution in [0, 0.1) is 22.0 Å². The number of amides is 1. The Morgan fingerprint density at radius 2 is 2.04 bits per heavy atom. The Morgan fingerprint density at radius 3 is 2.54 bits per heavy atom. The average molecular weight is 396 g/mol. The maximum atomic E-state index is 12.9. The fraction of sp³-hybridized carbons (Fsp3) is 0.429. The van der Waals surface area contributed by atoms with E-state index in [1.165, 1.54) is 12.1 Å². The summed E-state index contributed by atoms with van der Waals surface area (Å²) in [6.45, 7) is -1.62. The Hall–Kier alpha value is -2.40. The van der Waals surface area contributed by atoms with Crippen LogP contribution >= 0.6 is 11.6 Å². The number of hydrogen-bond acceptors (Lipinski definition) is 5. The normalized spacial score (nSPS) is 20.8. The molecule has 1 aromatic carbocycles. The van der Waals surface area contributed by atoms with Crippen molar-refractivity contribution in [2.45, 2.75) is 6.18 Å². The van der Waals surface area contributed by atoms with Gasteiger partial charge in [-0.15, -0.1) is 0 Å². The Bertz CT molecular complexity index is 743. The summed E-state index contributed by atoms with van der Waals surface area (Å²) >= 11 is 5.65. The summed E-state index contributed by atoms with van der Waals surface area (Å²) in [6, 6.07) is 3.52. The van der Waals surface area contributed by atoms with Gasteiger partial charge in [0.25, 0.3) is 5.69 Å². The van der Waals surface area contributed by atoms with Crippen molar-refractivity contribution in [2.24, 2.45) is 11.8 Å². The number of likely N-dealkylation sites (tertiary alicyclic amines) is 1. The molecule has 0 radical (unpaired) electrons. The van der Waals surface area contributed by atoms with E-state index >= 15 is 0 Å². The molecule has 0 spiro atoms. The van der Waals surface area contributed by atoms with Gasteiger partial charge in [0.1, 0.15) is 5.69 Å². The molecule has 8 nitrogen and oxygen atoms in total. The molecule has 0 aromatic heterocycles. The average Bonchev–Trinajstić information content (AvgIpc) is 2.93. The van der Waals surface area contributed by atoms with Crippen molar-refractivity contribution in [2.75, 3.05) is 25.0 Å². The van der Waals surface area contributed by atoms with Crippen LogP contribution in [0.3, 0.4) is 0 Å². The van der Waals surface area contributed by atoms with Gasteiger partial charge in [0.2, 0.25) is 5.91 Å². The number of carbonyl (C=O) groups excluding carboxylic acids is 1. The summed E-state index contributed by atoms with van der Waals surface area (Å²) in [6.07, 6.45) is -4.71. The molecule has 1 fully saturated rings. The van der Waals surface area contributed by atoms with Gasteiger partial charge < -0.3 is 10.4 Å². The van der Waals surface area contributed by atoms with Crippen molar-refractivity contribution in [3.05, 3.63) is 33.3 Å². The molecule has 0 aliphatic carbocycles. The highest BCUT2D eigenvalue weighted by Crippen LogP contribution is 2.37. The van der Waals surface area contributed by atoms with Gasteiger partial charge in [-0.1, -0.05) is 11.6 Å². The van der Waals surface area contributed by atoms with Crippen molar-refractivity contribution in [1.29, 1.82) is 0 Å². The minimum absolute atomic E-state index is 0.0755. The number of nitro groups is 1. The first kappa shape index (κ1) is 19.9. The molecule has 142 valence electrons. The van der Waals surface area contributed by atoms with Crippen molar-refractivity contribution in [1.82, 2.24) is 4.90 Å². The van der Waals surface area contributed by atoms with Gasteiger partial charge in [-0.25, -0.2) is 0 Å². The topological polar surface area (TPSA) is 113 Å². The van der Waals surface area contributed by atoms with Gasteiger partial charge in [-0.2, -0.15) is 13.2 Å². The Balaban J connectivity index is 2.07. The molecule has 1 aliphatic heterocycles. The van der Waals surface area contributed by atoms with E-state index in [0.717, 1.165) is 11.0 Å². The zero-order chi connectivity index (χ0) is 19.6. The molecule has 1 heterocycles. The van der Waals surface area contributed by atoms with Crippen LogP contribution in [-0.4, -0.2) is 52.6 Å². The summed E-state index contributed by atoms with van der Waals surface area (Å²) in [5, 5.41) is 22.2. The Kier molecular flexibility index (Phi) is 5.71. The maximum Gasteiger partial charge on any atom is 0.393 e. The second-order valence-corrected chi connectivity index (χ2v) is 6.19. The van der Waals surface area contributed by atoms with Crippen molar-refractivity contribution < 1.29 is 32.8 Å². The lowest BCUT2D eigenvalue weighted by molar-refractivity contribution is -0.383. The Labute approximate surface area is 149 Å². The zero-order valence-electron chi connectivity index (χ0n) is 13.0. The first-order valence-corrected chi connectivity index (χ1v) is 7.62. The number of carboxylic acid groups (broad SMARTS) is 1. The van der Waals surface area contributed by atoms with Gasteiger partial charge in [-0.05, 0) is 12.1 Å². The number of carboxylic acids is 1. The van der Waals surface area contributed by atoms with Crippen LogP contribution in [0.25, 0.3) is 0 Å². The highest BCUT2D eigenvalue weighted by molar-refractivity contribution is 6.31. The number of alkyl halides is 3.